The average molecular weight is 429 g/mol. The molecule has 0 spiro atoms. The van der Waals surface area contributed by atoms with Crippen molar-refractivity contribution in [1.82, 2.24) is 40.4 Å². The van der Waals surface area contributed by atoms with Crippen molar-refractivity contribution in [2.24, 2.45) is 0 Å². The first-order valence-electron chi connectivity index (χ1n) is 11.5. The summed E-state index contributed by atoms with van der Waals surface area (Å²) >= 11 is 0. The summed E-state index contributed by atoms with van der Waals surface area (Å²) < 4.78 is 2.11. The Morgan fingerprint density at radius 1 is 1.06 bits per heavy atom. The predicted molar refractivity (Wildman–Crippen MR) is 122 cm³/mol. The summed E-state index contributed by atoms with van der Waals surface area (Å²) in [5, 5.41) is 19.1. The van der Waals surface area contributed by atoms with Crippen molar-refractivity contribution in [2.45, 2.75) is 64.3 Å². The molecule has 1 saturated carbocycles. The second-order valence-electron chi connectivity index (χ2n) is 8.48. The van der Waals surface area contributed by atoms with Crippen LogP contribution in [0.2, 0.25) is 0 Å². The van der Waals surface area contributed by atoms with E-state index in [-0.39, 0.29) is 0 Å². The summed E-state index contributed by atoms with van der Waals surface area (Å²) in [6.45, 7) is 2.94. The third kappa shape index (κ3) is 4.30. The molecule has 3 heterocycles. The van der Waals surface area contributed by atoms with E-state index in [1.807, 2.05) is 12.1 Å². The molecule has 0 atom stereocenters. The molecular formula is C24H28N8. The molecule has 0 saturated heterocycles. The average Bonchev–Trinajstić information content (AvgIpc) is 3.51. The maximum absolute atomic E-state index is 4.95. The number of H-pyrrole nitrogens is 1. The molecule has 0 amide bonds. The second-order valence-corrected chi connectivity index (χ2v) is 8.48. The minimum absolute atomic E-state index is 0.526. The van der Waals surface area contributed by atoms with E-state index in [2.05, 4.69) is 61.5 Å². The number of aryl methyl sites for hydroxylation is 1. The smallest absolute Gasteiger partial charge is 0.198 e. The zero-order valence-electron chi connectivity index (χ0n) is 18.4. The Morgan fingerprint density at radius 2 is 1.91 bits per heavy atom. The van der Waals surface area contributed by atoms with Crippen LogP contribution in [0, 0.1) is 0 Å². The third-order valence-corrected chi connectivity index (χ3v) is 6.18. The van der Waals surface area contributed by atoms with Crippen molar-refractivity contribution >= 4 is 0 Å². The highest BCUT2D eigenvalue weighted by Crippen LogP contribution is 2.31. The number of pyridine rings is 1. The van der Waals surface area contributed by atoms with Gasteiger partial charge in [0.2, 0.25) is 0 Å². The van der Waals surface area contributed by atoms with Crippen LogP contribution in [0.5, 0.6) is 0 Å². The predicted octanol–water partition coefficient (Wildman–Crippen LogP) is 4.57. The molecule has 1 N–H and O–H groups in total. The van der Waals surface area contributed by atoms with Crippen LogP contribution in [0.1, 0.15) is 68.6 Å². The molecular weight excluding hydrogens is 400 g/mol. The number of benzene rings is 1. The monoisotopic (exact) mass is 428 g/mol. The number of aromatic nitrogens is 8. The van der Waals surface area contributed by atoms with Crippen LogP contribution >= 0.6 is 0 Å². The van der Waals surface area contributed by atoms with E-state index >= 15 is 0 Å². The fourth-order valence-electron chi connectivity index (χ4n) is 4.51. The van der Waals surface area contributed by atoms with Crippen molar-refractivity contribution in [3.05, 3.63) is 59.8 Å². The van der Waals surface area contributed by atoms with E-state index < -0.39 is 0 Å². The van der Waals surface area contributed by atoms with Gasteiger partial charge < -0.3 is 0 Å². The molecule has 1 aromatic carbocycles. The van der Waals surface area contributed by atoms with Crippen molar-refractivity contribution in [3.8, 4) is 22.6 Å². The van der Waals surface area contributed by atoms with Crippen LogP contribution in [-0.4, -0.2) is 40.4 Å². The lowest BCUT2D eigenvalue weighted by Crippen LogP contribution is -2.08. The van der Waals surface area contributed by atoms with Crippen LogP contribution in [0.15, 0.2) is 42.6 Å². The highest BCUT2D eigenvalue weighted by Gasteiger charge is 2.21. The number of tetrazole rings is 1. The number of nitrogens with one attached hydrogen (secondary N) is 1. The van der Waals surface area contributed by atoms with E-state index in [1.54, 1.807) is 6.20 Å². The minimum Gasteiger partial charge on any atom is -0.252 e. The molecule has 0 unspecified atom stereocenters. The lowest BCUT2D eigenvalue weighted by molar-refractivity contribution is 0.426. The van der Waals surface area contributed by atoms with Crippen molar-refractivity contribution in [1.29, 1.82) is 0 Å². The summed E-state index contributed by atoms with van der Waals surface area (Å²) in [5.74, 6) is 3.24. The Morgan fingerprint density at radius 3 is 2.66 bits per heavy atom. The summed E-state index contributed by atoms with van der Waals surface area (Å²) in [6.07, 6.45) is 10.2. The van der Waals surface area contributed by atoms with E-state index in [1.165, 1.54) is 37.7 Å². The lowest BCUT2D eigenvalue weighted by Gasteiger charge is -2.18. The quantitative estimate of drug-likeness (QED) is 0.463. The standard InChI is InChI=1S/C24H28N8/c1-2-7-21-26-23(19-8-4-3-5-9-19)29-32(21)16-17-11-13-18(14-12-17)20-10-6-15-25-22(20)24-27-30-31-28-24/h6,10-15,19H,2-5,7-9,16H2,1H3,(H,27,28,30,31). The zero-order valence-corrected chi connectivity index (χ0v) is 18.4. The zero-order chi connectivity index (χ0) is 21.8. The Kier molecular flexibility index (Phi) is 6.00. The van der Waals surface area contributed by atoms with Gasteiger partial charge in [-0.3, -0.25) is 4.98 Å². The van der Waals surface area contributed by atoms with Crippen LogP contribution in [-0.2, 0) is 13.0 Å². The SMILES string of the molecule is CCCc1nc(C2CCCCC2)nn1Cc1ccc(-c2cccnc2-c2nnn[nH]2)cc1. The molecule has 1 fully saturated rings. The highest BCUT2D eigenvalue weighted by molar-refractivity contribution is 5.77. The molecule has 0 radical (unpaired) electrons. The Bertz CT molecular complexity index is 1140. The Hall–Kier alpha value is -3.42. The maximum atomic E-state index is 4.95. The molecule has 32 heavy (non-hydrogen) atoms. The van der Waals surface area contributed by atoms with Crippen LogP contribution in [0.25, 0.3) is 22.6 Å². The number of aromatic amines is 1. The molecule has 164 valence electrons. The Labute approximate surface area is 187 Å². The molecule has 4 aromatic rings. The fourth-order valence-corrected chi connectivity index (χ4v) is 4.51. The normalized spacial score (nSPS) is 14.7. The molecule has 0 aliphatic heterocycles. The number of hydrogen-bond acceptors (Lipinski definition) is 6. The van der Waals surface area contributed by atoms with Crippen LogP contribution in [0.4, 0.5) is 0 Å². The van der Waals surface area contributed by atoms with E-state index in [0.29, 0.717) is 11.7 Å². The van der Waals surface area contributed by atoms with Gasteiger partial charge in [0.05, 0.1) is 6.54 Å². The molecule has 1 aliphatic rings. The van der Waals surface area contributed by atoms with Gasteiger partial charge in [-0.05, 0) is 46.9 Å². The third-order valence-electron chi connectivity index (χ3n) is 6.18. The Balaban J connectivity index is 1.38. The van der Waals surface area contributed by atoms with Gasteiger partial charge in [-0.15, -0.1) is 5.10 Å². The van der Waals surface area contributed by atoms with Gasteiger partial charge in [-0.25, -0.2) is 14.8 Å². The minimum atomic E-state index is 0.526. The molecule has 8 heteroatoms. The van der Waals surface area contributed by atoms with Crippen molar-refractivity contribution in [3.63, 3.8) is 0 Å². The van der Waals surface area contributed by atoms with Gasteiger partial charge in [0.25, 0.3) is 0 Å². The summed E-state index contributed by atoms with van der Waals surface area (Å²) in [5.41, 5.74) is 4.01. The first kappa shape index (κ1) is 20.5. The van der Waals surface area contributed by atoms with Gasteiger partial charge in [0.15, 0.2) is 11.6 Å². The van der Waals surface area contributed by atoms with Crippen LogP contribution in [0.3, 0.4) is 0 Å². The van der Waals surface area contributed by atoms with Gasteiger partial charge >= 0.3 is 0 Å². The molecule has 1 aliphatic carbocycles. The summed E-state index contributed by atoms with van der Waals surface area (Å²) in [4.78, 5) is 9.42. The first-order valence-corrected chi connectivity index (χ1v) is 11.5. The molecule has 8 nitrogen and oxygen atoms in total. The maximum Gasteiger partial charge on any atom is 0.198 e. The summed E-state index contributed by atoms with van der Waals surface area (Å²) in [7, 11) is 0. The molecule has 5 rings (SSSR count). The van der Waals surface area contributed by atoms with Crippen molar-refractivity contribution < 1.29 is 0 Å². The number of nitrogens with zero attached hydrogens (tertiary/aromatic N) is 7. The second kappa shape index (κ2) is 9.38. The molecule has 0 bridgehead atoms. The van der Waals surface area contributed by atoms with Gasteiger partial charge in [0.1, 0.15) is 11.5 Å². The first-order chi connectivity index (χ1) is 15.8. The van der Waals surface area contributed by atoms with E-state index in [9.17, 15) is 0 Å². The van der Waals surface area contributed by atoms with Gasteiger partial charge in [0, 0.05) is 24.1 Å². The summed E-state index contributed by atoms with van der Waals surface area (Å²) in [6, 6.07) is 12.5. The van der Waals surface area contributed by atoms with Gasteiger partial charge in [-0.2, -0.15) is 5.10 Å². The molecule has 3 aromatic heterocycles. The van der Waals surface area contributed by atoms with Crippen LogP contribution < -0.4 is 0 Å². The van der Waals surface area contributed by atoms with E-state index in [4.69, 9.17) is 10.1 Å². The topological polar surface area (TPSA) is 98.1 Å². The van der Waals surface area contributed by atoms with Crippen molar-refractivity contribution in [2.75, 3.05) is 0 Å². The lowest BCUT2D eigenvalue weighted by atomic mass is 9.89. The fraction of sp³-hybridized carbons (Fsp3) is 0.417. The van der Waals surface area contributed by atoms with E-state index in [0.717, 1.165) is 47.9 Å². The highest BCUT2D eigenvalue weighted by atomic mass is 15.5. The van der Waals surface area contributed by atoms with Gasteiger partial charge in [-0.1, -0.05) is 56.5 Å². The number of hydrogen-bond donors (Lipinski definition) is 1. The number of rotatable bonds is 7. The largest absolute Gasteiger partial charge is 0.252 e.